The van der Waals surface area contributed by atoms with Crippen LogP contribution < -0.4 is 0 Å². The highest BCUT2D eigenvalue weighted by Gasteiger charge is 2.35. The average Bonchev–Trinajstić information content (AvgIpc) is 2.57. The van der Waals surface area contributed by atoms with Crippen molar-refractivity contribution < 1.29 is 14.3 Å². The Balaban J connectivity index is 1.89. The van der Waals surface area contributed by atoms with Crippen molar-refractivity contribution in [2.75, 3.05) is 6.54 Å². The number of nitrogens with zero attached hydrogens (tertiary/aromatic N) is 3. The number of fused-ring (bicyclic) bond motifs is 1. The molecule has 1 atom stereocenters. The van der Waals surface area contributed by atoms with E-state index in [1.165, 1.54) is 0 Å². The summed E-state index contributed by atoms with van der Waals surface area (Å²) >= 11 is 0. The topological polar surface area (TPSA) is 72.4 Å². The van der Waals surface area contributed by atoms with Crippen LogP contribution in [0.4, 0.5) is 0 Å². The minimum absolute atomic E-state index is 0.0824. The van der Waals surface area contributed by atoms with Crippen molar-refractivity contribution in [1.29, 1.82) is 0 Å². The molecule has 1 aliphatic rings. The summed E-state index contributed by atoms with van der Waals surface area (Å²) in [5.41, 5.74) is 1.73. The van der Waals surface area contributed by atoms with E-state index in [9.17, 15) is 9.59 Å². The Hall–Kier alpha value is -2.76. The maximum atomic E-state index is 13.1. The number of aromatic nitrogens is 2. The highest BCUT2D eigenvalue weighted by molar-refractivity contribution is 5.98. The standard InChI is InChI=1S/C21H25N3O3/c1-14-22-12-17-18(23-14)11-16(10-15-8-6-5-7-9-15)24(20(17)26)13-19(25)27-21(2,3)4/h5-9,12,16H,10-11,13H2,1-4H3/t16-/m1/s1. The molecule has 27 heavy (non-hydrogen) atoms. The summed E-state index contributed by atoms with van der Waals surface area (Å²) in [5.74, 6) is 0.00837. The fourth-order valence-corrected chi connectivity index (χ4v) is 3.29. The van der Waals surface area contributed by atoms with Crippen molar-refractivity contribution in [2.24, 2.45) is 0 Å². The third-order valence-electron chi connectivity index (χ3n) is 4.38. The van der Waals surface area contributed by atoms with Crippen molar-refractivity contribution in [3.05, 3.63) is 59.2 Å². The molecule has 2 aromatic rings. The number of esters is 1. The zero-order chi connectivity index (χ0) is 19.6. The average molecular weight is 367 g/mol. The quantitative estimate of drug-likeness (QED) is 0.777. The van der Waals surface area contributed by atoms with E-state index in [-0.39, 0.29) is 18.5 Å². The van der Waals surface area contributed by atoms with Gasteiger partial charge < -0.3 is 9.64 Å². The molecule has 1 aromatic carbocycles. The fourth-order valence-electron chi connectivity index (χ4n) is 3.29. The molecule has 0 radical (unpaired) electrons. The predicted octanol–water partition coefficient (Wildman–Crippen LogP) is 2.74. The van der Waals surface area contributed by atoms with Crippen molar-refractivity contribution in [1.82, 2.24) is 14.9 Å². The maximum Gasteiger partial charge on any atom is 0.326 e. The lowest BCUT2D eigenvalue weighted by atomic mass is 9.93. The van der Waals surface area contributed by atoms with Crippen LogP contribution in [-0.2, 0) is 22.4 Å². The van der Waals surface area contributed by atoms with Crippen LogP contribution in [0.2, 0.25) is 0 Å². The van der Waals surface area contributed by atoms with E-state index >= 15 is 0 Å². The first-order valence-electron chi connectivity index (χ1n) is 9.12. The Morgan fingerprint density at radius 3 is 2.63 bits per heavy atom. The Kier molecular flexibility index (Phi) is 5.26. The molecular formula is C21H25N3O3. The number of rotatable bonds is 4. The fraction of sp³-hybridized carbons (Fsp3) is 0.429. The first-order valence-corrected chi connectivity index (χ1v) is 9.12. The number of carbonyl (C=O) groups excluding carboxylic acids is 2. The molecule has 0 saturated heterocycles. The molecule has 0 unspecified atom stereocenters. The maximum absolute atomic E-state index is 13.1. The molecule has 1 aliphatic heterocycles. The number of aryl methyl sites for hydroxylation is 1. The monoisotopic (exact) mass is 367 g/mol. The van der Waals surface area contributed by atoms with Gasteiger partial charge in [0, 0.05) is 18.7 Å². The first-order chi connectivity index (χ1) is 12.7. The molecule has 0 bridgehead atoms. The molecule has 6 heteroatoms. The number of hydrogen-bond acceptors (Lipinski definition) is 5. The highest BCUT2D eigenvalue weighted by atomic mass is 16.6. The van der Waals surface area contributed by atoms with Gasteiger partial charge in [0.2, 0.25) is 0 Å². The van der Waals surface area contributed by atoms with E-state index in [4.69, 9.17) is 4.74 Å². The van der Waals surface area contributed by atoms with Gasteiger partial charge in [-0.25, -0.2) is 9.97 Å². The molecule has 2 heterocycles. The number of hydrogen-bond donors (Lipinski definition) is 0. The first kappa shape index (κ1) is 19.0. The van der Waals surface area contributed by atoms with Gasteiger partial charge in [-0.15, -0.1) is 0 Å². The zero-order valence-electron chi connectivity index (χ0n) is 16.2. The van der Waals surface area contributed by atoms with Gasteiger partial charge in [-0.3, -0.25) is 9.59 Å². The SMILES string of the molecule is Cc1ncc2c(n1)C[C@@H](Cc1ccccc1)N(CC(=O)OC(C)(C)C)C2=O. The molecule has 0 fully saturated rings. The van der Waals surface area contributed by atoms with Crippen LogP contribution in [0, 0.1) is 6.92 Å². The molecule has 0 saturated carbocycles. The van der Waals surface area contributed by atoms with Crippen molar-refractivity contribution >= 4 is 11.9 Å². The second-order valence-corrected chi connectivity index (χ2v) is 7.84. The number of ether oxygens (including phenoxy) is 1. The van der Waals surface area contributed by atoms with Gasteiger partial charge >= 0.3 is 5.97 Å². The minimum atomic E-state index is -0.594. The Labute approximate surface area is 159 Å². The molecular weight excluding hydrogens is 342 g/mol. The van der Waals surface area contributed by atoms with Crippen LogP contribution >= 0.6 is 0 Å². The highest BCUT2D eigenvalue weighted by Crippen LogP contribution is 2.24. The summed E-state index contributed by atoms with van der Waals surface area (Å²) in [6, 6.07) is 9.79. The third kappa shape index (κ3) is 4.70. The Bertz CT molecular complexity index is 843. The summed E-state index contributed by atoms with van der Waals surface area (Å²) in [4.78, 5) is 35.7. The smallest absolute Gasteiger partial charge is 0.326 e. The Morgan fingerprint density at radius 2 is 1.96 bits per heavy atom. The van der Waals surface area contributed by atoms with Crippen molar-refractivity contribution in [2.45, 2.75) is 52.2 Å². The van der Waals surface area contributed by atoms with Crippen molar-refractivity contribution in [3.63, 3.8) is 0 Å². The lowest BCUT2D eigenvalue weighted by molar-refractivity contribution is -0.156. The van der Waals surface area contributed by atoms with E-state index in [0.717, 1.165) is 11.3 Å². The van der Waals surface area contributed by atoms with Gasteiger partial charge in [0.25, 0.3) is 5.91 Å². The predicted molar refractivity (Wildman–Crippen MR) is 101 cm³/mol. The van der Waals surface area contributed by atoms with Crippen LogP contribution in [0.25, 0.3) is 0 Å². The number of amides is 1. The summed E-state index contributed by atoms with van der Waals surface area (Å²) in [7, 11) is 0. The molecule has 1 aromatic heterocycles. The van der Waals surface area contributed by atoms with E-state index in [0.29, 0.717) is 24.2 Å². The van der Waals surface area contributed by atoms with Gasteiger partial charge in [-0.05, 0) is 39.7 Å². The van der Waals surface area contributed by atoms with Crippen molar-refractivity contribution in [3.8, 4) is 0 Å². The lowest BCUT2D eigenvalue weighted by Crippen LogP contribution is -2.50. The van der Waals surface area contributed by atoms with Crippen LogP contribution in [0.15, 0.2) is 36.5 Å². The van der Waals surface area contributed by atoms with E-state index in [1.54, 1.807) is 11.1 Å². The normalized spacial score (nSPS) is 16.8. The summed E-state index contributed by atoms with van der Waals surface area (Å²) < 4.78 is 5.43. The second kappa shape index (κ2) is 7.47. The number of carbonyl (C=O) groups is 2. The largest absolute Gasteiger partial charge is 0.459 e. The molecule has 142 valence electrons. The molecule has 1 amide bonds. The van der Waals surface area contributed by atoms with E-state index < -0.39 is 11.6 Å². The van der Waals surface area contributed by atoms with Gasteiger partial charge in [0.05, 0.1) is 11.3 Å². The van der Waals surface area contributed by atoms with Crippen LogP contribution in [0.5, 0.6) is 0 Å². The molecule has 0 spiro atoms. The zero-order valence-corrected chi connectivity index (χ0v) is 16.2. The van der Waals surface area contributed by atoms with Crippen LogP contribution in [-0.4, -0.2) is 44.9 Å². The summed E-state index contributed by atoms with van der Waals surface area (Å²) in [6.07, 6.45) is 2.79. The Morgan fingerprint density at radius 1 is 1.26 bits per heavy atom. The van der Waals surface area contributed by atoms with Gasteiger partial charge in [-0.1, -0.05) is 30.3 Å². The second-order valence-electron chi connectivity index (χ2n) is 7.84. The molecule has 0 N–H and O–H groups in total. The lowest BCUT2D eigenvalue weighted by Gasteiger charge is -2.36. The third-order valence-corrected chi connectivity index (χ3v) is 4.38. The van der Waals surface area contributed by atoms with E-state index in [1.807, 2.05) is 58.0 Å². The summed E-state index contributed by atoms with van der Waals surface area (Å²) in [5, 5.41) is 0. The summed E-state index contributed by atoms with van der Waals surface area (Å²) in [6.45, 7) is 7.17. The minimum Gasteiger partial charge on any atom is -0.459 e. The number of benzene rings is 1. The van der Waals surface area contributed by atoms with Gasteiger partial charge in [0.15, 0.2) is 0 Å². The van der Waals surface area contributed by atoms with Crippen LogP contribution in [0.1, 0.15) is 48.2 Å². The molecule has 0 aliphatic carbocycles. The molecule has 6 nitrogen and oxygen atoms in total. The van der Waals surface area contributed by atoms with Gasteiger partial charge in [0.1, 0.15) is 18.0 Å². The van der Waals surface area contributed by atoms with E-state index in [2.05, 4.69) is 9.97 Å². The van der Waals surface area contributed by atoms with Crippen LogP contribution in [0.3, 0.4) is 0 Å². The van der Waals surface area contributed by atoms with Gasteiger partial charge in [-0.2, -0.15) is 0 Å². The molecule has 3 rings (SSSR count).